The van der Waals surface area contributed by atoms with Gasteiger partial charge in [0.05, 0.1) is 5.41 Å². The van der Waals surface area contributed by atoms with Crippen LogP contribution in [0.1, 0.15) is 100 Å². The molecule has 2 nitrogen and oxygen atoms in total. The van der Waals surface area contributed by atoms with Gasteiger partial charge in [0.1, 0.15) is 5.60 Å². The van der Waals surface area contributed by atoms with Crippen LogP contribution < -0.4 is 0 Å². The highest BCUT2D eigenvalue weighted by Gasteiger charge is 2.60. The average Bonchev–Trinajstić information content (AvgIpc) is 2.41. The molecule has 0 aromatic carbocycles. The molecular weight excluding hydrogens is 447 g/mol. The molecule has 4 aliphatic carbocycles. The SMILES string of the molecule is CC(C)(I)CC(C)(C(=O)OC(C)(C)C12CC3CC(CC(C3)C1)C2)C(C)(C)C. The lowest BCUT2D eigenvalue weighted by Crippen LogP contribution is -2.59. The summed E-state index contributed by atoms with van der Waals surface area (Å²) in [7, 11) is 0. The zero-order valence-electron chi connectivity index (χ0n) is 18.9. The van der Waals surface area contributed by atoms with E-state index in [0.29, 0.717) is 0 Å². The molecule has 4 aliphatic rings. The van der Waals surface area contributed by atoms with Crippen molar-refractivity contribution in [2.75, 3.05) is 0 Å². The van der Waals surface area contributed by atoms with Gasteiger partial charge >= 0.3 is 5.97 Å². The highest BCUT2D eigenvalue weighted by molar-refractivity contribution is 14.1. The Kier molecular flexibility index (Phi) is 5.35. The van der Waals surface area contributed by atoms with Crippen LogP contribution in [0.15, 0.2) is 0 Å². The van der Waals surface area contributed by atoms with Gasteiger partial charge in [-0.05, 0) is 88.9 Å². The summed E-state index contributed by atoms with van der Waals surface area (Å²) in [5, 5.41) is 0. The van der Waals surface area contributed by atoms with Gasteiger partial charge in [-0.15, -0.1) is 0 Å². The topological polar surface area (TPSA) is 26.3 Å². The molecule has 1 atom stereocenters. The fraction of sp³-hybridized carbons (Fsp3) is 0.958. The van der Waals surface area contributed by atoms with E-state index in [1.807, 2.05) is 0 Å². The maximum Gasteiger partial charge on any atom is 0.312 e. The summed E-state index contributed by atoms with van der Waals surface area (Å²) in [6, 6.07) is 0. The van der Waals surface area contributed by atoms with Crippen molar-refractivity contribution < 1.29 is 9.53 Å². The van der Waals surface area contributed by atoms with Crippen molar-refractivity contribution in [2.45, 2.75) is 109 Å². The smallest absolute Gasteiger partial charge is 0.312 e. The first-order valence-corrected chi connectivity index (χ1v) is 12.1. The molecule has 0 aromatic rings. The van der Waals surface area contributed by atoms with E-state index in [1.165, 1.54) is 38.5 Å². The minimum Gasteiger partial charge on any atom is -0.459 e. The normalized spacial score (nSPS) is 35.8. The third-order valence-corrected chi connectivity index (χ3v) is 8.92. The van der Waals surface area contributed by atoms with Gasteiger partial charge in [0.2, 0.25) is 0 Å². The number of esters is 1. The molecule has 4 rings (SSSR count). The number of ether oxygens (including phenoxy) is 1. The second-order valence-electron chi connectivity index (χ2n) is 12.6. The highest BCUT2D eigenvalue weighted by Crippen LogP contribution is 2.64. The van der Waals surface area contributed by atoms with E-state index in [1.54, 1.807) is 0 Å². The van der Waals surface area contributed by atoms with Gasteiger partial charge in [-0.3, -0.25) is 4.79 Å². The Labute approximate surface area is 181 Å². The van der Waals surface area contributed by atoms with Crippen LogP contribution in [0.5, 0.6) is 0 Å². The summed E-state index contributed by atoms with van der Waals surface area (Å²) >= 11 is 2.48. The number of hydrogen-bond acceptors (Lipinski definition) is 2. The number of hydrogen-bond donors (Lipinski definition) is 0. The molecule has 156 valence electrons. The van der Waals surface area contributed by atoms with Crippen molar-refractivity contribution in [3.05, 3.63) is 0 Å². The predicted molar refractivity (Wildman–Crippen MR) is 121 cm³/mol. The van der Waals surface area contributed by atoms with E-state index in [0.717, 1.165) is 24.2 Å². The standard InChI is InChI=1S/C24H41IO2/c1-20(2,3)23(8,15-21(4,5)25)19(26)27-22(6,7)24-12-16-9-17(13-24)11-18(10-16)14-24/h16-18H,9-15H2,1-8H3. The molecule has 4 bridgehead atoms. The Bertz CT molecular complexity index is 557. The number of carbonyl (C=O) groups is 1. The summed E-state index contributed by atoms with van der Waals surface area (Å²) in [5.41, 5.74) is -0.792. The van der Waals surface area contributed by atoms with Crippen LogP contribution in [0.3, 0.4) is 0 Å². The summed E-state index contributed by atoms with van der Waals surface area (Å²) in [6.45, 7) is 17.6. The molecule has 27 heavy (non-hydrogen) atoms. The van der Waals surface area contributed by atoms with Gasteiger partial charge in [-0.2, -0.15) is 0 Å². The van der Waals surface area contributed by atoms with Crippen LogP contribution in [0.2, 0.25) is 0 Å². The average molecular weight is 488 g/mol. The van der Waals surface area contributed by atoms with Gasteiger partial charge in [0, 0.05) is 8.84 Å². The van der Waals surface area contributed by atoms with Crippen molar-refractivity contribution in [2.24, 2.45) is 34.0 Å². The molecule has 0 N–H and O–H groups in total. The van der Waals surface area contributed by atoms with E-state index in [4.69, 9.17) is 4.74 Å². The molecule has 3 heteroatoms. The molecule has 0 amide bonds. The van der Waals surface area contributed by atoms with Crippen LogP contribution in [0.25, 0.3) is 0 Å². The van der Waals surface area contributed by atoms with Crippen LogP contribution in [-0.4, -0.2) is 15.0 Å². The Morgan fingerprint density at radius 3 is 1.63 bits per heavy atom. The minimum absolute atomic E-state index is 0.0143. The van der Waals surface area contributed by atoms with Gasteiger partial charge < -0.3 is 4.74 Å². The van der Waals surface area contributed by atoms with E-state index < -0.39 is 5.41 Å². The first-order valence-electron chi connectivity index (χ1n) is 11.0. The Morgan fingerprint density at radius 2 is 1.30 bits per heavy atom. The lowest BCUT2D eigenvalue weighted by atomic mass is 9.46. The lowest BCUT2D eigenvalue weighted by molar-refractivity contribution is -0.212. The number of carbonyl (C=O) groups excluding carboxylic acids is 1. The number of alkyl halides is 1. The number of halogens is 1. The Balaban J connectivity index is 1.85. The Morgan fingerprint density at radius 1 is 0.889 bits per heavy atom. The summed E-state index contributed by atoms with van der Waals surface area (Å²) in [4.78, 5) is 13.7. The van der Waals surface area contributed by atoms with Crippen LogP contribution in [0, 0.1) is 34.0 Å². The first-order chi connectivity index (χ1) is 12.1. The van der Waals surface area contributed by atoms with Crippen molar-refractivity contribution in [3.8, 4) is 0 Å². The lowest BCUT2D eigenvalue weighted by Gasteiger charge is -2.62. The van der Waals surface area contributed by atoms with Crippen molar-refractivity contribution >= 4 is 28.6 Å². The molecule has 4 saturated carbocycles. The van der Waals surface area contributed by atoms with Crippen molar-refractivity contribution in [3.63, 3.8) is 0 Å². The quantitative estimate of drug-likeness (QED) is 0.233. The zero-order valence-corrected chi connectivity index (χ0v) is 21.0. The molecule has 0 spiro atoms. The zero-order chi connectivity index (χ0) is 20.5. The second-order valence-corrected chi connectivity index (χ2v) is 15.5. The van der Waals surface area contributed by atoms with E-state index in [-0.39, 0.29) is 25.8 Å². The van der Waals surface area contributed by atoms with Crippen LogP contribution >= 0.6 is 22.6 Å². The molecule has 4 fully saturated rings. The molecule has 1 unspecified atom stereocenters. The number of rotatable bonds is 5. The maximum absolute atomic E-state index is 13.7. The van der Waals surface area contributed by atoms with E-state index in [2.05, 4.69) is 78.0 Å². The molecule has 0 heterocycles. The van der Waals surface area contributed by atoms with Crippen LogP contribution in [0.4, 0.5) is 0 Å². The predicted octanol–water partition coefficient (Wildman–Crippen LogP) is 7.18. The van der Waals surface area contributed by atoms with Gasteiger partial charge in [0.15, 0.2) is 0 Å². The summed E-state index contributed by atoms with van der Waals surface area (Å²) in [5.74, 6) is 2.63. The van der Waals surface area contributed by atoms with Gasteiger partial charge in [-0.25, -0.2) is 0 Å². The third kappa shape index (κ3) is 3.97. The minimum atomic E-state index is -0.489. The van der Waals surface area contributed by atoms with Crippen molar-refractivity contribution in [1.29, 1.82) is 0 Å². The highest BCUT2D eigenvalue weighted by atomic mass is 127. The Hall–Kier alpha value is 0.200. The monoisotopic (exact) mass is 488 g/mol. The molecule has 0 radical (unpaired) electrons. The van der Waals surface area contributed by atoms with Crippen molar-refractivity contribution in [1.82, 2.24) is 0 Å². The first kappa shape index (κ1) is 21.9. The fourth-order valence-electron chi connectivity index (χ4n) is 6.78. The van der Waals surface area contributed by atoms with Crippen LogP contribution in [-0.2, 0) is 9.53 Å². The molecule has 0 aromatic heterocycles. The molecule has 0 aliphatic heterocycles. The summed E-state index contributed by atoms with van der Waals surface area (Å²) < 4.78 is 6.58. The molecular formula is C24H41IO2. The second kappa shape index (κ2) is 6.60. The van der Waals surface area contributed by atoms with E-state index >= 15 is 0 Å². The summed E-state index contributed by atoms with van der Waals surface area (Å²) in [6.07, 6.45) is 8.90. The van der Waals surface area contributed by atoms with E-state index in [9.17, 15) is 4.79 Å². The van der Waals surface area contributed by atoms with Gasteiger partial charge in [0.25, 0.3) is 0 Å². The maximum atomic E-state index is 13.7. The third-order valence-electron chi connectivity index (χ3n) is 8.54. The van der Waals surface area contributed by atoms with Gasteiger partial charge in [-0.1, -0.05) is 57.2 Å². The largest absolute Gasteiger partial charge is 0.459 e. The molecule has 0 saturated heterocycles. The fourth-order valence-corrected chi connectivity index (χ4v) is 7.55.